The Morgan fingerprint density at radius 2 is 1.96 bits per heavy atom. The smallest absolute Gasteiger partial charge is 0.145 e. The first-order chi connectivity index (χ1) is 11.3. The van der Waals surface area contributed by atoms with Gasteiger partial charge in [-0.1, -0.05) is 30.9 Å². The Morgan fingerprint density at radius 1 is 1.13 bits per heavy atom. The van der Waals surface area contributed by atoms with Crippen molar-refractivity contribution in [3.63, 3.8) is 0 Å². The predicted octanol–water partition coefficient (Wildman–Crippen LogP) is 5.69. The number of pyridine rings is 1. The number of para-hydroxylation sites is 1. The average molecular weight is 305 g/mol. The lowest BCUT2D eigenvalue weighted by molar-refractivity contribution is 0.480. The van der Waals surface area contributed by atoms with E-state index < -0.39 is 0 Å². The van der Waals surface area contributed by atoms with Gasteiger partial charge < -0.3 is 4.74 Å². The summed E-state index contributed by atoms with van der Waals surface area (Å²) in [4.78, 5) is 4.80. The highest BCUT2D eigenvalue weighted by molar-refractivity contribution is 5.90. The van der Waals surface area contributed by atoms with Crippen molar-refractivity contribution >= 4 is 17.0 Å². The number of hydrogen-bond acceptors (Lipinski definition) is 2. The van der Waals surface area contributed by atoms with E-state index in [1.54, 1.807) is 18.2 Å². The van der Waals surface area contributed by atoms with Crippen molar-refractivity contribution in [2.75, 3.05) is 0 Å². The largest absolute Gasteiger partial charge is 0.456 e. The van der Waals surface area contributed by atoms with Crippen molar-refractivity contribution in [3.05, 3.63) is 72.2 Å². The van der Waals surface area contributed by atoms with Crippen LogP contribution in [0, 0.1) is 5.82 Å². The fourth-order valence-electron chi connectivity index (χ4n) is 2.84. The molecule has 1 heterocycles. The molecule has 0 N–H and O–H groups in total. The molecule has 23 heavy (non-hydrogen) atoms. The summed E-state index contributed by atoms with van der Waals surface area (Å²) in [6, 6.07) is 14.1. The number of aromatic nitrogens is 1. The van der Waals surface area contributed by atoms with Gasteiger partial charge in [-0.3, -0.25) is 4.98 Å². The number of fused-ring (bicyclic) bond motifs is 1. The van der Waals surface area contributed by atoms with Gasteiger partial charge in [0, 0.05) is 22.9 Å². The quantitative estimate of drug-likeness (QED) is 0.618. The summed E-state index contributed by atoms with van der Waals surface area (Å²) in [5.41, 5.74) is 2.84. The molecule has 3 heteroatoms. The monoisotopic (exact) mass is 305 g/mol. The van der Waals surface area contributed by atoms with Crippen LogP contribution >= 0.6 is 0 Å². The fourth-order valence-corrected chi connectivity index (χ4v) is 2.84. The Labute approximate surface area is 134 Å². The molecule has 0 saturated heterocycles. The number of halogens is 1. The molecule has 3 aromatic rings. The van der Waals surface area contributed by atoms with Crippen molar-refractivity contribution in [2.24, 2.45) is 0 Å². The van der Waals surface area contributed by atoms with Crippen LogP contribution in [0.25, 0.3) is 17.0 Å². The maximum atomic E-state index is 13.5. The summed E-state index contributed by atoms with van der Waals surface area (Å²) in [5, 5.41) is 0.913. The van der Waals surface area contributed by atoms with Crippen LogP contribution in [0.4, 0.5) is 4.39 Å². The predicted molar refractivity (Wildman–Crippen MR) is 90.3 cm³/mol. The molecule has 114 valence electrons. The lowest BCUT2D eigenvalue weighted by atomic mass is 10.0. The van der Waals surface area contributed by atoms with Gasteiger partial charge in [0.2, 0.25) is 0 Å². The van der Waals surface area contributed by atoms with Gasteiger partial charge in [0.05, 0.1) is 11.2 Å². The van der Waals surface area contributed by atoms with Gasteiger partial charge in [0.25, 0.3) is 0 Å². The highest BCUT2D eigenvalue weighted by atomic mass is 19.1. The van der Waals surface area contributed by atoms with Crippen LogP contribution < -0.4 is 4.74 Å². The summed E-state index contributed by atoms with van der Waals surface area (Å²) in [6.07, 6.45) is 4.08. The van der Waals surface area contributed by atoms with Crippen LogP contribution in [0.2, 0.25) is 0 Å². The van der Waals surface area contributed by atoms with Crippen LogP contribution in [0.1, 0.15) is 30.0 Å². The highest BCUT2D eigenvalue weighted by Gasteiger charge is 2.29. The summed E-state index contributed by atoms with van der Waals surface area (Å²) in [6.45, 7) is 3.93. The molecular weight excluding hydrogens is 289 g/mol. The zero-order valence-corrected chi connectivity index (χ0v) is 12.6. The van der Waals surface area contributed by atoms with Gasteiger partial charge in [-0.2, -0.15) is 0 Å². The minimum absolute atomic E-state index is 0.316. The zero-order valence-electron chi connectivity index (χ0n) is 12.6. The molecular formula is C20H16FNO. The first kappa shape index (κ1) is 13.9. The van der Waals surface area contributed by atoms with Crippen LogP contribution in [-0.4, -0.2) is 4.98 Å². The van der Waals surface area contributed by atoms with E-state index in [0.29, 0.717) is 17.4 Å². The van der Waals surface area contributed by atoms with E-state index in [4.69, 9.17) is 9.72 Å². The molecule has 1 fully saturated rings. The molecule has 1 saturated carbocycles. The fraction of sp³-hybridized carbons (Fsp3) is 0.150. The van der Waals surface area contributed by atoms with E-state index in [0.717, 1.165) is 35.0 Å². The number of ether oxygens (including phenoxy) is 1. The minimum Gasteiger partial charge on any atom is -0.456 e. The highest BCUT2D eigenvalue weighted by Crippen LogP contribution is 2.45. The van der Waals surface area contributed by atoms with E-state index in [1.165, 1.54) is 12.1 Å². The molecule has 1 aliphatic rings. The molecule has 1 aliphatic carbocycles. The molecule has 0 aliphatic heterocycles. The summed E-state index contributed by atoms with van der Waals surface area (Å²) < 4.78 is 19.5. The zero-order chi connectivity index (χ0) is 15.8. The normalized spacial score (nSPS) is 14.0. The van der Waals surface area contributed by atoms with Gasteiger partial charge in [0.1, 0.15) is 17.3 Å². The lowest BCUT2D eigenvalue weighted by Gasteiger charge is -2.15. The van der Waals surface area contributed by atoms with E-state index in [9.17, 15) is 4.39 Å². The third-order valence-corrected chi connectivity index (χ3v) is 4.09. The molecule has 0 unspecified atom stereocenters. The number of rotatable bonds is 4. The number of nitrogens with zero attached hydrogens (tertiary/aromatic N) is 1. The van der Waals surface area contributed by atoms with Crippen molar-refractivity contribution < 1.29 is 9.13 Å². The van der Waals surface area contributed by atoms with Crippen LogP contribution in [0.3, 0.4) is 0 Å². The molecule has 2 aromatic carbocycles. The third kappa shape index (κ3) is 2.59. The topological polar surface area (TPSA) is 22.1 Å². The maximum Gasteiger partial charge on any atom is 0.145 e. The third-order valence-electron chi connectivity index (χ3n) is 4.09. The second-order valence-electron chi connectivity index (χ2n) is 5.79. The Balaban J connectivity index is 1.93. The minimum atomic E-state index is -0.316. The Kier molecular flexibility index (Phi) is 3.34. The standard InChI is InChI=1S/C20H16FNO/c1-2-16-19(13-10-11-13)22-18-9-4-3-8-17(18)20(16)23-15-7-5-6-14(21)12-15/h2-9,12-13H,1,10-11H2. The number of benzene rings is 2. The van der Waals surface area contributed by atoms with E-state index >= 15 is 0 Å². The molecule has 0 spiro atoms. The van der Waals surface area contributed by atoms with Gasteiger partial charge in [-0.05, 0) is 37.1 Å². The van der Waals surface area contributed by atoms with Gasteiger partial charge >= 0.3 is 0 Å². The molecule has 0 amide bonds. The number of hydrogen-bond donors (Lipinski definition) is 0. The molecule has 2 nitrogen and oxygen atoms in total. The van der Waals surface area contributed by atoms with Gasteiger partial charge in [-0.25, -0.2) is 4.39 Å². The summed E-state index contributed by atoms with van der Waals surface area (Å²) in [5.74, 6) is 1.34. The van der Waals surface area contributed by atoms with Crippen molar-refractivity contribution in [3.8, 4) is 11.5 Å². The van der Waals surface area contributed by atoms with Crippen molar-refractivity contribution in [2.45, 2.75) is 18.8 Å². The lowest BCUT2D eigenvalue weighted by Crippen LogP contribution is -1.98. The second kappa shape index (κ2) is 5.51. The average Bonchev–Trinajstić information content (AvgIpc) is 3.39. The Hall–Kier alpha value is -2.68. The van der Waals surface area contributed by atoms with Crippen molar-refractivity contribution in [1.29, 1.82) is 0 Å². The Morgan fingerprint density at radius 3 is 2.70 bits per heavy atom. The van der Waals surface area contributed by atoms with Crippen molar-refractivity contribution in [1.82, 2.24) is 4.98 Å². The summed E-state index contributed by atoms with van der Waals surface area (Å²) in [7, 11) is 0. The van der Waals surface area contributed by atoms with Crippen LogP contribution in [0.15, 0.2) is 55.1 Å². The van der Waals surface area contributed by atoms with Crippen LogP contribution in [-0.2, 0) is 0 Å². The first-order valence-corrected chi connectivity index (χ1v) is 7.75. The molecule has 1 aromatic heterocycles. The van der Waals surface area contributed by atoms with E-state index in [2.05, 4.69) is 6.58 Å². The molecule has 0 atom stereocenters. The summed E-state index contributed by atoms with van der Waals surface area (Å²) >= 11 is 0. The SMILES string of the molecule is C=Cc1c(C2CC2)nc2ccccc2c1Oc1cccc(F)c1. The first-order valence-electron chi connectivity index (χ1n) is 7.75. The second-order valence-corrected chi connectivity index (χ2v) is 5.79. The molecule has 4 rings (SSSR count). The van der Waals surface area contributed by atoms with Crippen LogP contribution in [0.5, 0.6) is 11.5 Å². The molecule has 0 bridgehead atoms. The van der Waals surface area contributed by atoms with Gasteiger partial charge in [-0.15, -0.1) is 0 Å². The van der Waals surface area contributed by atoms with E-state index in [1.807, 2.05) is 24.3 Å². The van der Waals surface area contributed by atoms with Gasteiger partial charge in [0.15, 0.2) is 0 Å². The van der Waals surface area contributed by atoms with E-state index in [-0.39, 0.29) is 5.82 Å². The maximum absolute atomic E-state index is 13.5. The Bertz CT molecular complexity index is 899. The molecule has 0 radical (unpaired) electrons.